The van der Waals surface area contributed by atoms with Gasteiger partial charge in [0.05, 0.1) is 0 Å². The van der Waals surface area contributed by atoms with Crippen LogP contribution in [0.4, 0.5) is 0 Å². The first-order valence-electron chi connectivity index (χ1n) is 5.97. The third kappa shape index (κ3) is 3.36. The monoisotopic (exact) mass is 195 g/mol. The summed E-state index contributed by atoms with van der Waals surface area (Å²) in [6.07, 6.45) is 7.50. The molecule has 1 aliphatic carbocycles. The number of hydrogen-bond acceptors (Lipinski definition) is 1. The number of nitrogens with one attached hydrogen (secondary N) is 1. The molecule has 0 bridgehead atoms. The van der Waals surface area contributed by atoms with E-state index in [1.807, 2.05) is 0 Å². The molecule has 1 unspecified atom stereocenters. The van der Waals surface area contributed by atoms with Crippen molar-refractivity contribution in [3.8, 4) is 0 Å². The van der Waals surface area contributed by atoms with Crippen molar-refractivity contribution >= 4 is 0 Å². The topological polar surface area (TPSA) is 12.0 Å². The molecule has 0 spiro atoms. The maximum atomic E-state index is 3.50. The van der Waals surface area contributed by atoms with Crippen molar-refractivity contribution in [2.24, 2.45) is 11.3 Å². The van der Waals surface area contributed by atoms with E-state index in [2.05, 4.69) is 39.1 Å². The Morgan fingerprint density at radius 1 is 1.43 bits per heavy atom. The average molecular weight is 195 g/mol. The normalized spacial score (nSPS) is 23.1. The number of hydrogen-bond donors (Lipinski definition) is 1. The van der Waals surface area contributed by atoms with Crippen LogP contribution in [0.2, 0.25) is 0 Å². The zero-order valence-corrected chi connectivity index (χ0v) is 10.2. The molecular formula is C13H25N. The van der Waals surface area contributed by atoms with E-state index in [0.29, 0.717) is 5.41 Å². The Kier molecular flexibility index (Phi) is 4.03. The van der Waals surface area contributed by atoms with Crippen molar-refractivity contribution in [1.29, 1.82) is 0 Å². The highest BCUT2D eigenvalue weighted by atomic mass is 14.9. The molecule has 1 rings (SSSR count). The first-order valence-corrected chi connectivity index (χ1v) is 5.97. The Bertz CT molecular complexity index is 198. The summed E-state index contributed by atoms with van der Waals surface area (Å²) in [6, 6.07) is 0. The quantitative estimate of drug-likeness (QED) is 0.724. The van der Waals surface area contributed by atoms with Crippen LogP contribution in [0.3, 0.4) is 0 Å². The van der Waals surface area contributed by atoms with Gasteiger partial charge in [0.1, 0.15) is 0 Å². The zero-order chi connectivity index (χ0) is 10.6. The molecule has 0 heterocycles. The molecule has 1 heteroatoms. The van der Waals surface area contributed by atoms with Gasteiger partial charge in [0, 0.05) is 12.2 Å². The lowest BCUT2D eigenvalue weighted by molar-refractivity contribution is 0.219. The van der Waals surface area contributed by atoms with Gasteiger partial charge in [-0.25, -0.2) is 0 Å². The molecule has 0 aromatic heterocycles. The van der Waals surface area contributed by atoms with E-state index in [0.717, 1.165) is 12.5 Å². The molecule has 14 heavy (non-hydrogen) atoms. The maximum Gasteiger partial charge on any atom is 0.0141 e. The molecule has 82 valence electrons. The highest BCUT2D eigenvalue weighted by molar-refractivity contribution is 5.05. The summed E-state index contributed by atoms with van der Waals surface area (Å²) in [5, 5.41) is 3.50. The van der Waals surface area contributed by atoms with Gasteiger partial charge < -0.3 is 5.32 Å². The van der Waals surface area contributed by atoms with Crippen LogP contribution in [0, 0.1) is 11.3 Å². The van der Waals surface area contributed by atoms with Crippen molar-refractivity contribution in [3.05, 3.63) is 11.8 Å². The molecule has 0 aromatic rings. The molecule has 0 amide bonds. The van der Waals surface area contributed by atoms with Gasteiger partial charge in [0.2, 0.25) is 0 Å². The minimum Gasteiger partial charge on any atom is -0.389 e. The Balaban J connectivity index is 2.39. The zero-order valence-electron chi connectivity index (χ0n) is 10.2. The number of rotatable bonds is 3. The van der Waals surface area contributed by atoms with Gasteiger partial charge in [-0.2, -0.15) is 0 Å². The Morgan fingerprint density at radius 3 is 2.57 bits per heavy atom. The third-order valence-electron chi connectivity index (χ3n) is 3.24. The van der Waals surface area contributed by atoms with Gasteiger partial charge in [-0.05, 0) is 37.0 Å². The van der Waals surface area contributed by atoms with E-state index in [1.54, 1.807) is 0 Å². The van der Waals surface area contributed by atoms with E-state index >= 15 is 0 Å². The van der Waals surface area contributed by atoms with Crippen molar-refractivity contribution < 1.29 is 0 Å². The maximum absolute atomic E-state index is 3.50. The van der Waals surface area contributed by atoms with Gasteiger partial charge in [-0.3, -0.25) is 0 Å². The fraction of sp³-hybridized carbons (Fsp3) is 0.846. The van der Waals surface area contributed by atoms with E-state index in [1.165, 1.54) is 31.4 Å². The van der Waals surface area contributed by atoms with Gasteiger partial charge in [-0.15, -0.1) is 0 Å². The lowest BCUT2D eigenvalue weighted by atomic mass is 9.74. The summed E-state index contributed by atoms with van der Waals surface area (Å²) in [7, 11) is 0. The van der Waals surface area contributed by atoms with Crippen LogP contribution in [-0.2, 0) is 0 Å². The first kappa shape index (κ1) is 11.6. The highest BCUT2D eigenvalue weighted by Gasteiger charge is 2.25. The predicted octanol–water partition coefficient (Wildman–Crippen LogP) is 3.72. The average Bonchev–Trinajstić information content (AvgIpc) is 2.14. The Labute approximate surface area is 89.0 Å². The van der Waals surface area contributed by atoms with E-state index in [9.17, 15) is 0 Å². The molecule has 0 aliphatic heterocycles. The summed E-state index contributed by atoms with van der Waals surface area (Å²) >= 11 is 0. The fourth-order valence-corrected chi connectivity index (χ4v) is 2.07. The number of allylic oxidation sites excluding steroid dienone is 2. The second-order valence-electron chi connectivity index (χ2n) is 5.49. The smallest absolute Gasteiger partial charge is 0.0141 e. The summed E-state index contributed by atoms with van der Waals surface area (Å²) in [4.78, 5) is 0. The van der Waals surface area contributed by atoms with Crippen LogP contribution in [0.1, 0.15) is 53.4 Å². The van der Waals surface area contributed by atoms with Gasteiger partial charge in [-0.1, -0.05) is 33.8 Å². The van der Waals surface area contributed by atoms with Gasteiger partial charge >= 0.3 is 0 Å². The van der Waals surface area contributed by atoms with Crippen LogP contribution in [-0.4, -0.2) is 6.54 Å². The van der Waals surface area contributed by atoms with Gasteiger partial charge in [0.15, 0.2) is 0 Å². The third-order valence-corrected chi connectivity index (χ3v) is 3.24. The summed E-state index contributed by atoms with van der Waals surface area (Å²) in [6.45, 7) is 10.4. The molecule has 0 radical (unpaired) electrons. The van der Waals surface area contributed by atoms with Crippen LogP contribution in [0.15, 0.2) is 11.8 Å². The summed E-state index contributed by atoms with van der Waals surface area (Å²) in [5.41, 5.74) is 1.96. The lowest BCUT2D eigenvalue weighted by Crippen LogP contribution is -2.25. The largest absolute Gasteiger partial charge is 0.389 e. The van der Waals surface area contributed by atoms with Crippen LogP contribution in [0.25, 0.3) is 0 Å². The molecule has 1 nitrogen and oxygen atoms in total. The van der Waals surface area contributed by atoms with Crippen molar-refractivity contribution in [2.75, 3.05) is 6.54 Å². The molecule has 0 fully saturated rings. The molecule has 1 atom stereocenters. The van der Waals surface area contributed by atoms with Crippen LogP contribution < -0.4 is 5.32 Å². The fourth-order valence-electron chi connectivity index (χ4n) is 2.07. The van der Waals surface area contributed by atoms with E-state index in [4.69, 9.17) is 0 Å². The second kappa shape index (κ2) is 4.86. The SMILES string of the molecule is CCCNC1=CCC(C(C)(C)C)CC1. The molecular weight excluding hydrogens is 170 g/mol. The minimum absolute atomic E-state index is 0.479. The van der Waals surface area contributed by atoms with Crippen molar-refractivity contribution in [3.63, 3.8) is 0 Å². The second-order valence-corrected chi connectivity index (χ2v) is 5.49. The molecule has 0 aromatic carbocycles. The molecule has 1 N–H and O–H groups in total. The summed E-state index contributed by atoms with van der Waals surface area (Å²) < 4.78 is 0. The molecule has 0 saturated heterocycles. The first-order chi connectivity index (χ1) is 6.54. The molecule has 0 saturated carbocycles. The molecule has 1 aliphatic rings. The highest BCUT2D eigenvalue weighted by Crippen LogP contribution is 2.36. The van der Waals surface area contributed by atoms with Gasteiger partial charge in [0.25, 0.3) is 0 Å². The van der Waals surface area contributed by atoms with E-state index < -0.39 is 0 Å². The minimum atomic E-state index is 0.479. The predicted molar refractivity (Wildman–Crippen MR) is 63.2 cm³/mol. The van der Waals surface area contributed by atoms with Crippen molar-refractivity contribution in [2.45, 2.75) is 53.4 Å². The Morgan fingerprint density at radius 2 is 2.14 bits per heavy atom. The Hall–Kier alpha value is -0.460. The van der Waals surface area contributed by atoms with Crippen LogP contribution >= 0.6 is 0 Å². The van der Waals surface area contributed by atoms with E-state index in [-0.39, 0.29) is 0 Å². The van der Waals surface area contributed by atoms with Crippen LogP contribution in [0.5, 0.6) is 0 Å². The summed E-state index contributed by atoms with van der Waals surface area (Å²) in [5.74, 6) is 0.870. The standard InChI is InChI=1S/C13H25N/c1-5-10-14-12-8-6-11(7-9-12)13(2,3)4/h8,11,14H,5-7,9-10H2,1-4H3. The van der Waals surface area contributed by atoms with Crippen molar-refractivity contribution in [1.82, 2.24) is 5.32 Å². The lowest BCUT2D eigenvalue weighted by Gasteiger charge is -2.33.